The Morgan fingerprint density at radius 3 is 2.10 bits per heavy atom. The summed E-state index contributed by atoms with van der Waals surface area (Å²) in [6, 6.07) is 22.8. The number of anilines is 1. The Morgan fingerprint density at radius 1 is 0.857 bits per heavy atom. The smallest absolute Gasteiger partial charge is 0.354 e. The van der Waals surface area contributed by atoms with Crippen molar-refractivity contribution in [2.75, 3.05) is 17.4 Å². The van der Waals surface area contributed by atoms with Crippen LogP contribution < -0.4 is 9.62 Å². The molecule has 0 aliphatic carbocycles. The van der Waals surface area contributed by atoms with Crippen molar-refractivity contribution in [1.82, 2.24) is 10.2 Å². The van der Waals surface area contributed by atoms with Gasteiger partial charge in [0.15, 0.2) is 0 Å². The zero-order valence-corrected chi connectivity index (χ0v) is 29.4. The Morgan fingerprint density at radius 2 is 1.49 bits per heavy atom. The van der Waals surface area contributed by atoms with Crippen molar-refractivity contribution in [1.29, 1.82) is 0 Å². The maximum atomic E-state index is 14.5. The Labute approximate surface area is 294 Å². The lowest BCUT2D eigenvalue weighted by Crippen LogP contribution is -2.53. The Bertz CT molecular complexity index is 1870. The molecule has 1 atom stereocenters. The highest BCUT2D eigenvalue weighted by molar-refractivity contribution is 7.92. The number of nitrogens with one attached hydrogen (secondary N) is 1. The minimum atomic E-state index is -4.91. The van der Waals surface area contributed by atoms with Gasteiger partial charge in [-0.15, -0.1) is 0 Å². The number of benzene rings is 4. The summed E-state index contributed by atoms with van der Waals surface area (Å²) >= 11 is 12.4. The summed E-state index contributed by atoms with van der Waals surface area (Å²) in [5.41, 5.74) is 0.236. The number of hydrogen-bond acceptors (Lipinski definition) is 4. The van der Waals surface area contributed by atoms with Crippen LogP contribution in [0.25, 0.3) is 0 Å². The van der Waals surface area contributed by atoms with Gasteiger partial charge in [0.2, 0.25) is 11.8 Å². The van der Waals surface area contributed by atoms with Crippen LogP contribution in [0.15, 0.2) is 102 Å². The Balaban J connectivity index is 1.87. The summed E-state index contributed by atoms with van der Waals surface area (Å²) in [5, 5.41) is 2.54. The standard InChI is InChI=1S/C36H36Cl2F3N3O4S/c1-24(2)21-42-35(46)33(19-26-9-5-4-6-10-26)43(22-27-11-7-8-12-31(27)37)34(45)23-44(49(47,48)29-16-13-25(3)14-17-29)28-15-18-32(38)30(20-28)36(39,40)41/h4-18,20,24,33H,19,21-23H2,1-3H3,(H,42,46)/t33-/m0/s1. The number of nitrogens with zero attached hydrogens (tertiary/aromatic N) is 2. The van der Waals surface area contributed by atoms with Crippen LogP contribution in [0.2, 0.25) is 10.0 Å². The zero-order valence-electron chi connectivity index (χ0n) is 27.0. The van der Waals surface area contributed by atoms with E-state index in [1.54, 1.807) is 61.5 Å². The predicted octanol–water partition coefficient (Wildman–Crippen LogP) is 7.93. The molecule has 49 heavy (non-hydrogen) atoms. The maximum absolute atomic E-state index is 14.5. The molecule has 260 valence electrons. The van der Waals surface area contributed by atoms with Crippen LogP contribution in [0.4, 0.5) is 18.9 Å². The molecule has 0 saturated heterocycles. The van der Waals surface area contributed by atoms with E-state index in [1.807, 2.05) is 13.8 Å². The van der Waals surface area contributed by atoms with Gasteiger partial charge >= 0.3 is 6.18 Å². The monoisotopic (exact) mass is 733 g/mol. The molecule has 4 aromatic rings. The van der Waals surface area contributed by atoms with E-state index in [1.165, 1.54) is 29.2 Å². The molecular weight excluding hydrogens is 698 g/mol. The van der Waals surface area contributed by atoms with Gasteiger partial charge < -0.3 is 10.2 Å². The summed E-state index contributed by atoms with van der Waals surface area (Å²) in [6.07, 6.45) is -4.85. The second-order valence-corrected chi connectivity index (χ2v) is 14.6. The van der Waals surface area contributed by atoms with Crippen molar-refractivity contribution in [2.45, 2.75) is 50.9 Å². The van der Waals surface area contributed by atoms with E-state index < -0.39 is 56.9 Å². The molecule has 0 bridgehead atoms. The quantitative estimate of drug-likeness (QED) is 0.151. The lowest BCUT2D eigenvalue weighted by Gasteiger charge is -2.34. The van der Waals surface area contributed by atoms with Crippen LogP contribution in [0.1, 0.15) is 36.1 Å². The summed E-state index contributed by atoms with van der Waals surface area (Å²) in [6.45, 7) is 4.73. The number of aryl methyl sites for hydroxylation is 1. The first-order valence-electron chi connectivity index (χ1n) is 15.4. The van der Waals surface area contributed by atoms with Gasteiger partial charge in [-0.3, -0.25) is 13.9 Å². The van der Waals surface area contributed by atoms with Gasteiger partial charge in [0.25, 0.3) is 10.0 Å². The van der Waals surface area contributed by atoms with Crippen LogP contribution in [0.3, 0.4) is 0 Å². The van der Waals surface area contributed by atoms with E-state index in [4.69, 9.17) is 23.2 Å². The fourth-order valence-electron chi connectivity index (χ4n) is 5.04. The summed E-state index contributed by atoms with van der Waals surface area (Å²) in [5.74, 6) is -1.26. The van der Waals surface area contributed by atoms with Crippen molar-refractivity contribution in [3.05, 3.63) is 129 Å². The highest BCUT2D eigenvalue weighted by Gasteiger charge is 2.38. The topological polar surface area (TPSA) is 86.8 Å². The van der Waals surface area contributed by atoms with Crippen LogP contribution in [-0.2, 0) is 38.8 Å². The number of sulfonamides is 1. The van der Waals surface area contributed by atoms with Gasteiger partial charge in [0.1, 0.15) is 12.6 Å². The van der Waals surface area contributed by atoms with Gasteiger partial charge in [-0.1, -0.05) is 103 Å². The molecule has 0 spiro atoms. The van der Waals surface area contributed by atoms with E-state index in [0.29, 0.717) is 27.5 Å². The van der Waals surface area contributed by atoms with E-state index >= 15 is 0 Å². The molecule has 0 radical (unpaired) electrons. The van der Waals surface area contributed by atoms with Crippen LogP contribution in [0.5, 0.6) is 0 Å². The van der Waals surface area contributed by atoms with Gasteiger partial charge in [-0.05, 0) is 60.4 Å². The van der Waals surface area contributed by atoms with E-state index in [-0.39, 0.29) is 23.8 Å². The molecule has 0 fully saturated rings. The van der Waals surface area contributed by atoms with E-state index in [2.05, 4.69) is 5.32 Å². The SMILES string of the molecule is Cc1ccc(S(=O)(=O)N(CC(=O)N(Cc2ccccc2Cl)[C@@H](Cc2ccccc2)C(=O)NCC(C)C)c2ccc(Cl)c(C(F)(F)F)c2)cc1. The molecule has 2 amide bonds. The van der Waals surface area contributed by atoms with Crippen LogP contribution in [-0.4, -0.2) is 44.3 Å². The van der Waals surface area contributed by atoms with Crippen molar-refractivity contribution < 1.29 is 31.2 Å². The molecule has 0 saturated carbocycles. The number of carbonyl (C=O) groups excluding carboxylic acids is 2. The van der Waals surface area contributed by atoms with Crippen LogP contribution >= 0.6 is 23.2 Å². The van der Waals surface area contributed by atoms with Crippen molar-refractivity contribution in [3.63, 3.8) is 0 Å². The average Bonchev–Trinajstić information content (AvgIpc) is 3.05. The third-order valence-electron chi connectivity index (χ3n) is 7.69. The van der Waals surface area contributed by atoms with Crippen molar-refractivity contribution >= 4 is 50.7 Å². The fraction of sp³-hybridized carbons (Fsp3) is 0.278. The van der Waals surface area contributed by atoms with Gasteiger partial charge in [-0.2, -0.15) is 13.2 Å². The average molecular weight is 735 g/mol. The number of halogens is 5. The molecule has 0 aromatic heterocycles. The highest BCUT2D eigenvalue weighted by Crippen LogP contribution is 2.38. The Hall–Kier alpha value is -4.06. The number of carbonyl (C=O) groups is 2. The predicted molar refractivity (Wildman–Crippen MR) is 186 cm³/mol. The molecule has 0 heterocycles. The van der Waals surface area contributed by atoms with Crippen LogP contribution in [0, 0.1) is 12.8 Å². The summed E-state index contributed by atoms with van der Waals surface area (Å²) in [7, 11) is -4.63. The minimum absolute atomic E-state index is 0.0604. The second kappa shape index (κ2) is 16.1. The lowest BCUT2D eigenvalue weighted by atomic mass is 10.0. The minimum Gasteiger partial charge on any atom is -0.354 e. The Kier molecular flexibility index (Phi) is 12.4. The number of hydrogen-bond donors (Lipinski definition) is 1. The third-order valence-corrected chi connectivity index (χ3v) is 10.2. The third kappa shape index (κ3) is 9.77. The van der Waals surface area contributed by atoms with E-state index in [9.17, 15) is 31.2 Å². The molecule has 0 aliphatic rings. The molecule has 0 aliphatic heterocycles. The zero-order chi connectivity index (χ0) is 35.9. The molecule has 13 heteroatoms. The van der Waals surface area contributed by atoms with Gasteiger partial charge in [0.05, 0.1) is 21.2 Å². The lowest BCUT2D eigenvalue weighted by molar-refractivity contribution is -0.140. The fourth-order valence-corrected chi connectivity index (χ4v) is 6.86. The largest absolute Gasteiger partial charge is 0.417 e. The molecular formula is C36H36Cl2F3N3O4S. The number of alkyl halides is 3. The molecule has 0 unspecified atom stereocenters. The summed E-state index contributed by atoms with van der Waals surface area (Å²) < 4.78 is 70.9. The maximum Gasteiger partial charge on any atom is 0.417 e. The first kappa shape index (κ1) is 37.8. The first-order chi connectivity index (χ1) is 23.1. The second-order valence-electron chi connectivity index (χ2n) is 11.9. The number of amides is 2. The van der Waals surface area contributed by atoms with Gasteiger partial charge in [-0.25, -0.2) is 8.42 Å². The highest BCUT2D eigenvalue weighted by atomic mass is 35.5. The molecule has 4 aromatic carbocycles. The normalized spacial score (nSPS) is 12.4. The number of rotatable bonds is 13. The van der Waals surface area contributed by atoms with Gasteiger partial charge in [0, 0.05) is 24.5 Å². The van der Waals surface area contributed by atoms with E-state index in [0.717, 1.165) is 23.3 Å². The summed E-state index contributed by atoms with van der Waals surface area (Å²) in [4.78, 5) is 29.4. The van der Waals surface area contributed by atoms with Crippen molar-refractivity contribution in [3.8, 4) is 0 Å². The van der Waals surface area contributed by atoms with Crippen molar-refractivity contribution in [2.24, 2.45) is 5.92 Å². The molecule has 4 rings (SSSR count). The first-order valence-corrected chi connectivity index (χ1v) is 17.6. The molecule has 7 nitrogen and oxygen atoms in total. The molecule has 1 N–H and O–H groups in total.